The Morgan fingerprint density at radius 3 is 2.87 bits per heavy atom. The molecule has 1 aromatic heterocycles. The molecule has 78 valence electrons. The fourth-order valence-corrected chi connectivity index (χ4v) is 2.09. The molecule has 0 aliphatic heterocycles. The number of hydrogen-bond donors (Lipinski definition) is 0. The van der Waals surface area contributed by atoms with Crippen LogP contribution in [0.5, 0.6) is 0 Å². The topological polar surface area (TPSA) is 40.9 Å². The van der Waals surface area contributed by atoms with Crippen LogP contribution >= 0.6 is 11.3 Å². The second-order valence-corrected chi connectivity index (χ2v) is 4.66. The van der Waals surface area contributed by atoms with Crippen molar-refractivity contribution in [2.45, 2.75) is 6.92 Å². The number of nitrogens with zero attached hydrogens (tertiary/aromatic N) is 4. The van der Waals surface area contributed by atoms with Gasteiger partial charge in [-0.15, -0.1) is 16.5 Å². The van der Waals surface area contributed by atoms with Gasteiger partial charge in [-0.1, -0.05) is 5.22 Å². The molecule has 0 saturated heterocycles. The summed E-state index contributed by atoms with van der Waals surface area (Å²) in [6, 6.07) is 5.91. The minimum absolute atomic E-state index is 0.861. The van der Waals surface area contributed by atoms with Crippen molar-refractivity contribution in [3.05, 3.63) is 23.2 Å². The first kappa shape index (κ1) is 10.0. The summed E-state index contributed by atoms with van der Waals surface area (Å²) in [5.41, 5.74) is 1.89. The Labute approximate surface area is 92.2 Å². The fraction of sp³-hybridized carbons (Fsp3) is 0.300. The molecule has 0 aliphatic carbocycles. The third-order valence-electron chi connectivity index (χ3n) is 1.82. The van der Waals surface area contributed by atoms with Crippen molar-refractivity contribution >= 4 is 27.2 Å². The summed E-state index contributed by atoms with van der Waals surface area (Å²) < 4.78 is 1.16. The second kappa shape index (κ2) is 3.94. The van der Waals surface area contributed by atoms with Gasteiger partial charge in [-0.3, -0.25) is 5.01 Å². The van der Waals surface area contributed by atoms with Crippen LogP contribution in [0, 0.1) is 6.92 Å². The van der Waals surface area contributed by atoms with Crippen molar-refractivity contribution in [3.8, 4) is 0 Å². The molecular formula is C10H12N4S. The smallest absolute Gasteiger partial charge is 0.0907 e. The lowest BCUT2D eigenvalue weighted by atomic mass is 10.3. The standard InChI is InChI=1S/C10H12N4S/c1-7-11-9-5-4-8(6-10(9)15-7)12-13-14(2)3/h4-6H,1-3H3. The van der Waals surface area contributed by atoms with E-state index in [4.69, 9.17) is 0 Å². The average Bonchev–Trinajstić information content (AvgIpc) is 2.53. The number of benzene rings is 1. The van der Waals surface area contributed by atoms with Gasteiger partial charge in [0.05, 0.1) is 20.9 Å². The van der Waals surface area contributed by atoms with Crippen molar-refractivity contribution < 1.29 is 0 Å². The summed E-state index contributed by atoms with van der Waals surface area (Å²) in [7, 11) is 3.69. The molecule has 0 bridgehead atoms. The molecule has 0 amide bonds. The number of aromatic nitrogens is 1. The van der Waals surface area contributed by atoms with E-state index in [0.717, 1.165) is 20.9 Å². The van der Waals surface area contributed by atoms with Crippen LogP contribution in [0.4, 0.5) is 5.69 Å². The van der Waals surface area contributed by atoms with E-state index in [1.165, 1.54) is 0 Å². The van der Waals surface area contributed by atoms with Gasteiger partial charge in [0, 0.05) is 14.1 Å². The van der Waals surface area contributed by atoms with Gasteiger partial charge in [0.1, 0.15) is 0 Å². The SMILES string of the molecule is Cc1nc2ccc(N=NN(C)C)cc2s1. The Morgan fingerprint density at radius 2 is 2.13 bits per heavy atom. The molecule has 0 fully saturated rings. The molecule has 0 spiro atoms. The molecule has 5 heteroatoms. The Kier molecular flexibility index (Phi) is 2.64. The van der Waals surface area contributed by atoms with Gasteiger partial charge in [-0.2, -0.15) is 0 Å². The zero-order valence-electron chi connectivity index (χ0n) is 8.93. The molecule has 0 radical (unpaired) electrons. The maximum atomic E-state index is 4.39. The van der Waals surface area contributed by atoms with E-state index in [1.807, 2.05) is 39.2 Å². The lowest BCUT2D eigenvalue weighted by Crippen LogP contribution is -1.98. The normalized spacial score (nSPS) is 11.4. The summed E-state index contributed by atoms with van der Waals surface area (Å²) in [4.78, 5) is 4.39. The summed E-state index contributed by atoms with van der Waals surface area (Å²) in [6.45, 7) is 2.01. The highest BCUT2D eigenvalue weighted by molar-refractivity contribution is 7.18. The summed E-state index contributed by atoms with van der Waals surface area (Å²) >= 11 is 1.67. The average molecular weight is 220 g/mol. The van der Waals surface area contributed by atoms with Crippen LogP contribution in [-0.4, -0.2) is 24.1 Å². The lowest BCUT2D eigenvalue weighted by Gasteiger charge is -1.99. The van der Waals surface area contributed by atoms with Gasteiger partial charge in [0.2, 0.25) is 0 Å². The number of fused-ring (bicyclic) bond motifs is 1. The third-order valence-corrected chi connectivity index (χ3v) is 2.75. The maximum absolute atomic E-state index is 4.39. The van der Waals surface area contributed by atoms with Gasteiger partial charge in [-0.25, -0.2) is 4.98 Å². The molecular weight excluding hydrogens is 208 g/mol. The van der Waals surface area contributed by atoms with Gasteiger partial charge in [0.25, 0.3) is 0 Å². The molecule has 0 saturated carbocycles. The van der Waals surface area contributed by atoms with Crippen LogP contribution < -0.4 is 0 Å². The first-order valence-corrected chi connectivity index (χ1v) is 5.43. The molecule has 0 N–H and O–H groups in total. The molecule has 15 heavy (non-hydrogen) atoms. The Morgan fingerprint density at radius 1 is 1.33 bits per heavy atom. The van der Waals surface area contributed by atoms with E-state index < -0.39 is 0 Å². The predicted molar refractivity (Wildman–Crippen MR) is 62.6 cm³/mol. The summed E-state index contributed by atoms with van der Waals surface area (Å²) in [5, 5.41) is 10.8. The highest BCUT2D eigenvalue weighted by Crippen LogP contribution is 2.26. The second-order valence-electron chi connectivity index (χ2n) is 3.42. The minimum Gasteiger partial charge on any atom is -0.285 e. The van der Waals surface area contributed by atoms with E-state index >= 15 is 0 Å². The number of thiazole rings is 1. The predicted octanol–water partition coefficient (Wildman–Crippen LogP) is 3.17. The van der Waals surface area contributed by atoms with Crippen LogP contribution in [0.1, 0.15) is 5.01 Å². The van der Waals surface area contributed by atoms with Crippen LogP contribution in [0.25, 0.3) is 10.2 Å². The van der Waals surface area contributed by atoms with Crippen molar-refractivity contribution in [2.75, 3.05) is 14.1 Å². The number of hydrogen-bond acceptors (Lipinski definition) is 4. The van der Waals surface area contributed by atoms with Crippen molar-refractivity contribution in [1.29, 1.82) is 0 Å². The van der Waals surface area contributed by atoms with Crippen LogP contribution in [0.2, 0.25) is 0 Å². The van der Waals surface area contributed by atoms with Crippen molar-refractivity contribution in [1.82, 2.24) is 9.99 Å². The fourth-order valence-electron chi connectivity index (χ4n) is 1.23. The maximum Gasteiger partial charge on any atom is 0.0907 e. The Bertz CT molecular complexity index is 501. The van der Waals surface area contributed by atoms with E-state index in [2.05, 4.69) is 15.3 Å². The van der Waals surface area contributed by atoms with Crippen molar-refractivity contribution in [3.63, 3.8) is 0 Å². The van der Waals surface area contributed by atoms with Crippen molar-refractivity contribution in [2.24, 2.45) is 10.3 Å². The highest BCUT2D eigenvalue weighted by Gasteiger charge is 2.00. The quantitative estimate of drug-likeness (QED) is 0.576. The van der Waals surface area contributed by atoms with E-state index in [-0.39, 0.29) is 0 Å². The molecule has 0 unspecified atom stereocenters. The molecule has 1 heterocycles. The lowest BCUT2D eigenvalue weighted by molar-refractivity contribution is 0.408. The largest absolute Gasteiger partial charge is 0.285 e. The summed E-state index contributed by atoms with van der Waals surface area (Å²) in [5.74, 6) is 0. The molecule has 0 atom stereocenters. The van der Waals surface area contributed by atoms with E-state index in [9.17, 15) is 0 Å². The molecule has 0 aliphatic rings. The first-order chi connectivity index (χ1) is 7.15. The van der Waals surface area contributed by atoms with Crippen LogP contribution in [0.3, 0.4) is 0 Å². The van der Waals surface area contributed by atoms with Gasteiger partial charge < -0.3 is 0 Å². The number of aryl methyl sites for hydroxylation is 1. The van der Waals surface area contributed by atoms with E-state index in [0.29, 0.717) is 0 Å². The number of rotatable bonds is 2. The Hall–Kier alpha value is -1.49. The molecule has 2 aromatic rings. The zero-order valence-corrected chi connectivity index (χ0v) is 9.75. The third kappa shape index (κ3) is 2.30. The monoisotopic (exact) mass is 220 g/mol. The molecule has 2 rings (SSSR count). The first-order valence-electron chi connectivity index (χ1n) is 4.61. The van der Waals surface area contributed by atoms with Gasteiger partial charge in [0.15, 0.2) is 0 Å². The molecule has 1 aromatic carbocycles. The minimum atomic E-state index is 0.861. The molecule has 4 nitrogen and oxygen atoms in total. The zero-order chi connectivity index (χ0) is 10.8. The van der Waals surface area contributed by atoms with Crippen LogP contribution in [-0.2, 0) is 0 Å². The van der Waals surface area contributed by atoms with Gasteiger partial charge >= 0.3 is 0 Å². The summed E-state index contributed by atoms with van der Waals surface area (Å²) in [6.07, 6.45) is 0. The van der Waals surface area contributed by atoms with Crippen LogP contribution in [0.15, 0.2) is 28.5 Å². The Balaban J connectivity index is 2.38. The van der Waals surface area contributed by atoms with E-state index in [1.54, 1.807) is 16.3 Å². The highest BCUT2D eigenvalue weighted by atomic mass is 32.1. The van der Waals surface area contributed by atoms with Gasteiger partial charge in [-0.05, 0) is 25.1 Å².